The van der Waals surface area contributed by atoms with Crippen LogP contribution in [0.25, 0.3) is 5.57 Å². The molecule has 2 fully saturated rings. The maximum atomic E-state index is 14.5. The molecule has 0 aliphatic heterocycles. The molecule has 0 amide bonds. The van der Waals surface area contributed by atoms with E-state index in [1.165, 1.54) is 102 Å². The Morgan fingerprint density at radius 3 is 1.97 bits per heavy atom. The molecule has 0 radical (unpaired) electrons. The second kappa shape index (κ2) is 13.6. The van der Waals surface area contributed by atoms with Gasteiger partial charge in [-0.2, -0.15) is 0 Å². The van der Waals surface area contributed by atoms with Crippen molar-refractivity contribution in [3.63, 3.8) is 0 Å². The van der Waals surface area contributed by atoms with Gasteiger partial charge in [-0.15, -0.1) is 0 Å². The van der Waals surface area contributed by atoms with Gasteiger partial charge in [0.2, 0.25) is 0 Å². The normalized spacial score (nSPS) is 29.7. The lowest BCUT2D eigenvalue weighted by atomic mass is 9.69. The molecule has 196 valence electrons. The zero-order valence-corrected chi connectivity index (χ0v) is 23.4. The van der Waals surface area contributed by atoms with Crippen LogP contribution in [-0.2, 0) is 6.42 Å². The lowest BCUT2D eigenvalue weighted by Gasteiger charge is -2.36. The molecule has 3 aliphatic carbocycles. The van der Waals surface area contributed by atoms with Crippen molar-refractivity contribution in [1.82, 2.24) is 0 Å². The summed E-state index contributed by atoms with van der Waals surface area (Å²) in [6.07, 6.45) is 27.1. The predicted octanol–water partition coefficient (Wildman–Crippen LogP) is 11.2. The van der Waals surface area contributed by atoms with Crippen molar-refractivity contribution in [3.05, 3.63) is 40.2 Å². The number of rotatable bonds is 10. The molecule has 0 bridgehead atoms. The highest BCUT2D eigenvalue weighted by Crippen LogP contribution is 2.44. The molecule has 35 heavy (non-hydrogen) atoms. The summed E-state index contributed by atoms with van der Waals surface area (Å²) < 4.78 is 14.5. The van der Waals surface area contributed by atoms with Crippen molar-refractivity contribution in [2.45, 2.75) is 129 Å². The van der Waals surface area contributed by atoms with Gasteiger partial charge in [0.1, 0.15) is 5.82 Å². The van der Waals surface area contributed by atoms with Crippen LogP contribution in [0.5, 0.6) is 0 Å². The van der Waals surface area contributed by atoms with Crippen LogP contribution in [0.4, 0.5) is 4.39 Å². The Morgan fingerprint density at radius 2 is 1.40 bits per heavy atom. The second-order valence-electron chi connectivity index (χ2n) is 12.3. The monoisotopic (exact) mass is 500 g/mol. The van der Waals surface area contributed by atoms with Crippen molar-refractivity contribution in [1.29, 1.82) is 0 Å². The predicted molar refractivity (Wildman–Crippen MR) is 150 cm³/mol. The average molecular weight is 501 g/mol. The maximum Gasteiger partial charge on any atom is 0.145 e. The Bertz CT molecular complexity index is 811. The van der Waals surface area contributed by atoms with Crippen LogP contribution in [0.2, 0.25) is 5.02 Å². The Morgan fingerprint density at radius 1 is 0.771 bits per heavy atom. The summed E-state index contributed by atoms with van der Waals surface area (Å²) in [6.45, 7) is 4.30. The number of halogens is 2. The molecular weight excluding hydrogens is 451 g/mol. The van der Waals surface area contributed by atoms with E-state index in [0.717, 1.165) is 53.6 Å². The van der Waals surface area contributed by atoms with Crippen molar-refractivity contribution >= 4 is 17.2 Å². The largest absolute Gasteiger partial charge is 0.205 e. The number of hydrogen-bond donors (Lipinski definition) is 0. The first-order chi connectivity index (χ1) is 17.1. The topological polar surface area (TPSA) is 0 Å². The summed E-state index contributed by atoms with van der Waals surface area (Å²) in [5, 5.41) is 0.333. The summed E-state index contributed by atoms with van der Waals surface area (Å²) in [7, 11) is 0. The fourth-order valence-electron chi connectivity index (χ4n) is 7.55. The third kappa shape index (κ3) is 7.37. The number of benzene rings is 1. The van der Waals surface area contributed by atoms with Gasteiger partial charge in [0.05, 0.1) is 5.02 Å². The number of unbranched alkanes of at least 4 members (excludes halogenated alkanes) is 2. The molecule has 2 saturated carbocycles. The van der Waals surface area contributed by atoms with E-state index >= 15 is 0 Å². The van der Waals surface area contributed by atoms with Crippen LogP contribution in [0.15, 0.2) is 18.2 Å². The molecule has 1 unspecified atom stereocenters. The highest BCUT2D eigenvalue weighted by molar-refractivity contribution is 6.32. The quantitative estimate of drug-likeness (QED) is 0.280. The number of hydrogen-bond acceptors (Lipinski definition) is 0. The minimum atomic E-state index is -0.215. The Hall–Kier alpha value is -0.820. The highest BCUT2D eigenvalue weighted by atomic mass is 35.5. The standard InChI is InChI=1S/C33H50ClF/c1-3-5-6-7-24-8-10-25(11-9-24)12-13-26-14-16-28(17-15-26)29-18-20-30(21-19-29)31-23-22-27(4-2)33(35)32(31)34/h20,22-26,28-29H,3-19,21H2,1-2H3. The molecule has 4 rings (SSSR count). The van der Waals surface area contributed by atoms with Crippen LogP contribution in [0.1, 0.15) is 134 Å². The zero-order chi connectivity index (χ0) is 24.6. The van der Waals surface area contributed by atoms with E-state index in [1.807, 2.05) is 19.1 Å². The van der Waals surface area contributed by atoms with E-state index in [2.05, 4.69) is 13.0 Å². The van der Waals surface area contributed by atoms with Gasteiger partial charge in [-0.1, -0.05) is 121 Å². The molecule has 3 aliphatic rings. The first-order valence-corrected chi connectivity index (χ1v) is 15.6. The summed E-state index contributed by atoms with van der Waals surface area (Å²) in [6, 6.07) is 3.96. The van der Waals surface area contributed by atoms with Gasteiger partial charge in [0.25, 0.3) is 0 Å². The number of allylic oxidation sites excluding steroid dienone is 2. The Balaban J connectivity index is 1.16. The van der Waals surface area contributed by atoms with Gasteiger partial charge >= 0.3 is 0 Å². The molecular formula is C33H50ClF. The van der Waals surface area contributed by atoms with Gasteiger partial charge in [0, 0.05) is 0 Å². The lowest BCUT2D eigenvalue weighted by molar-refractivity contribution is 0.175. The molecule has 1 aromatic carbocycles. The molecule has 1 aromatic rings. The van der Waals surface area contributed by atoms with Crippen LogP contribution < -0.4 is 0 Å². The van der Waals surface area contributed by atoms with Gasteiger partial charge in [-0.3, -0.25) is 0 Å². The van der Waals surface area contributed by atoms with Gasteiger partial charge in [-0.05, 0) is 84.8 Å². The first kappa shape index (κ1) is 27.2. The highest BCUT2D eigenvalue weighted by Gasteiger charge is 2.30. The summed E-state index contributed by atoms with van der Waals surface area (Å²) in [5.74, 6) is 4.57. The molecule has 0 heterocycles. The Kier molecular flexibility index (Phi) is 10.6. The minimum absolute atomic E-state index is 0.215. The average Bonchev–Trinajstić information content (AvgIpc) is 2.90. The third-order valence-corrected chi connectivity index (χ3v) is 10.4. The van der Waals surface area contributed by atoms with Gasteiger partial charge < -0.3 is 0 Å². The van der Waals surface area contributed by atoms with Crippen LogP contribution in [0, 0.1) is 35.4 Å². The van der Waals surface area contributed by atoms with E-state index in [0.29, 0.717) is 11.4 Å². The van der Waals surface area contributed by atoms with Crippen LogP contribution in [0.3, 0.4) is 0 Å². The Labute approximate surface area is 220 Å². The van der Waals surface area contributed by atoms with Gasteiger partial charge in [-0.25, -0.2) is 4.39 Å². The fourth-order valence-corrected chi connectivity index (χ4v) is 7.86. The smallest absolute Gasteiger partial charge is 0.145 e. The summed E-state index contributed by atoms with van der Waals surface area (Å²) >= 11 is 6.41. The summed E-state index contributed by atoms with van der Waals surface area (Å²) in [4.78, 5) is 0. The van der Waals surface area contributed by atoms with Crippen LogP contribution in [-0.4, -0.2) is 0 Å². The van der Waals surface area contributed by atoms with E-state index in [4.69, 9.17) is 11.6 Å². The van der Waals surface area contributed by atoms with Crippen molar-refractivity contribution in [2.75, 3.05) is 0 Å². The fraction of sp³-hybridized carbons (Fsp3) is 0.758. The lowest BCUT2D eigenvalue weighted by Crippen LogP contribution is -2.24. The maximum absolute atomic E-state index is 14.5. The van der Waals surface area contributed by atoms with Crippen molar-refractivity contribution in [2.24, 2.45) is 29.6 Å². The van der Waals surface area contributed by atoms with Crippen LogP contribution >= 0.6 is 11.6 Å². The molecule has 0 aromatic heterocycles. The van der Waals surface area contributed by atoms with E-state index in [-0.39, 0.29) is 5.82 Å². The minimum Gasteiger partial charge on any atom is -0.205 e. The van der Waals surface area contributed by atoms with Crippen molar-refractivity contribution in [3.8, 4) is 0 Å². The first-order valence-electron chi connectivity index (χ1n) is 15.2. The molecule has 0 nitrogen and oxygen atoms in total. The summed E-state index contributed by atoms with van der Waals surface area (Å²) in [5.41, 5.74) is 2.92. The molecule has 0 spiro atoms. The molecule has 0 N–H and O–H groups in total. The number of aryl methyl sites for hydroxylation is 1. The molecule has 2 heteroatoms. The molecule has 0 saturated heterocycles. The van der Waals surface area contributed by atoms with E-state index < -0.39 is 0 Å². The third-order valence-electron chi connectivity index (χ3n) is 10.1. The molecule has 1 atom stereocenters. The van der Waals surface area contributed by atoms with Crippen molar-refractivity contribution < 1.29 is 4.39 Å². The van der Waals surface area contributed by atoms with E-state index in [9.17, 15) is 4.39 Å². The van der Waals surface area contributed by atoms with E-state index in [1.54, 1.807) is 0 Å². The zero-order valence-electron chi connectivity index (χ0n) is 22.6. The SMILES string of the molecule is CCCCCC1CCC(CCC2CCC(C3CC=C(c4ccc(CC)c(F)c4Cl)CC3)CC2)CC1. The van der Waals surface area contributed by atoms with Gasteiger partial charge in [0.15, 0.2) is 0 Å². The second-order valence-corrected chi connectivity index (χ2v) is 12.6.